The molecular weight excluding hydrogens is 289 g/mol. The molecule has 5 N–H and O–H groups in total. The summed E-state index contributed by atoms with van der Waals surface area (Å²) < 4.78 is 0. The third kappa shape index (κ3) is 4.38. The molecule has 0 spiro atoms. The van der Waals surface area contributed by atoms with Crippen molar-refractivity contribution in [2.75, 3.05) is 6.54 Å². The Balaban J connectivity index is 0.00000324. The van der Waals surface area contributed by atoms with Crippen LogP contribution in [0.15, 0.2) is 24.3 Å². The molecule has 0 aliphatic rings. The summed E-state index contributed by atoms with van der Waals surface area (Å²) in [4.78, 5) is 23.2. The van der Waals surface area contributed by atoms with Crippen LogP contribution in [0.2, 0.25) is 5.02 Å². The predicted molar refractivity (Wildman–Crippen MR) is 77.1 cm³/mol. The highest BCUT2D eigenvalue weighted by Gasteiger charge is 2.34. The topological polar surface area (TPSA) is 98.2 Å². The lowest BCUT2D eigenvalue weighted by molar-refractivity contribution is -0.131. The van der Waals surface area contributed by atoms with Gasteiger partial charge < -0.3 is 16.8 Å². The minimum atomic E-state index is -1.29. The minimum Gasteiger partial charge on any atom is -0.367 e. The third-order valence-corrected chi connectivity index (χ3v) is 2.89. The van der Waals surface area contributed by atoms with E-state index in [4.69, 9.17) is 23.1 Å². The molecular formula is C12H17Cl2N3O2. The van der Waals surface area contributed by atoms with Crippen LogP contribution in [0.4, 0.5) is 0 Å². The molecule has 106 valence electrons. The highest BCUT2D eigenvalue weighted by atomic mass is 35.5. The zero-order chi connectivity index (χ0) is 13.8. The van der Waals surface area contributed by atoms with Gasteiger partial charge in [-0.15, -0.1) is 12.4 Å². The molecule has 1 aromatic rings. The summed E-state index contributed by atoms with van der Waals surface area (Å²) in [6, 6.07) is 6.64. The van der Waals surface area contributed by atoms with Crippen LogP contribution in [-0.2, 0) is 15.1 Å². The molecule has 0 saturated heterocycles. The second-order valence-corrected chi connectivity index (χ2v) is 4.52. The van der Waals surface area contributed by atoms with Crippen LogP contribution >= 0.6 is 24.0 Å². The maximum Gasteiger partial charge on any atom is 0.247 e. The molecule has 19 heavy (non-hydrogen) atoms. The standard InChI is InChI=1S/C12H16ClN3O2.ClH/c1-12(11(15)18,16-10(17)5-6-14)8-3-2-4-9(13)7-8;/h2-4,7H,5-6,14H2,1H3,(H2,15,18)(H,16,17);1H. The lowest BCUT2D eigenvalue weighted by Crippen LogP contribution is -2.53. The number of nitrogens with two attached hydrogens (primary N) is 2. The molecule has 0 aliphatic heterocycles. The quantitative estimate of drug-likeness (QED) is 0.754. The van der Waals surface area contributed by atoms with E-state index in [9.17, 15) is 9.59 Å². The molecule has 2 amide bonds. The van der Waals surface area contributed by atoms with E-state index in [-0.39, 0.29) is 31.3 Å². The van der Waals surface area contributed by atoms with E-state index < -0.39 is 11.4 Å². The second-order valence-electron chi connectivity index (χ2n) is 4.09. The highest BCUT2D eigenvalue weighted by Crippen LogP contribution is 2.23. The van der Waals surface area contributed by atoms with Crippen LogP contribution < -0.4 is 16.8 Å². The van der Waals surface area contributed by atoms with Gasteiger partial charge in [0.15, 0.2) is 0 Å². The number of nitrogens with one attached hydrogen (secondary N) is 1. The highest BCUT2D eigenvalue weighted by molar-refractivity contribution is 6.30. The number of amides is 2. The van der Waals surface area contributed by atoms with Gasteiger partial charge in [0.25, 0.3) is 0 Å². The first-order valence-corrected chi connectivity index (χ1v) is 5.85. The maximum absolute atomic E-state index is 11.6. The molecule has 0 heterocycles. The summed E-state index contributed by atoms with van der Waals surface area (Å²) in [5, 5.41) is 3.05. The van der Waals surface area contributed by atoms with Crippen LogP contribution in [-0.4, -0.2) is 18.4 Å². The van der Waals surface area contributed by atoms with Crippen LogP contribution in [0.1, 0.15) is 18.9 Å². The molecule has 1 atom stereocenters. The molecule has 0 fully saturated rings. The fourth-order valence-electron chi connectivity index (χ4n) is 1.55. The van der Waals surface area contributed by atoms with E-state index in [0.29, 0.717) is 10.6 Å². The number of carbonyl (C=O) groups is 2. The van der Waals surface area contributed by atoms with E-state index >= 15 is 0 Å². The van der Waals surface area contributed by atoms with E-state index in [1.165, 1.54) is 6.92 Å². The van der Waals surface area contributed by atoms with Crippen LogP contribution in [0.25, 0.3) is 0 Å². The van der Waals surface area contributed by atoms with Gasteiger partial charge in [-0.25, -0.2) is 0 Å². The number of rotatable bonds is 5. The molecule has 0 aromatic heterocycles. The molecule has 0 saturated carbocycles. The zero-order valence-corrected chi connectivity index (χ0v) is 12.1. The van der Waals surface area contributed by atoms with E-state index in [2.05, 4.69) is 5.32 Å². The number of halogens is 2. The first-order valence-electron chi connectivity index (χ1n) is 5.47. The molecule has 0 bridgehead atoms. The molecule has 7 heteroatoms. The van der Waals surface area contributed by atoms with Crippen LogP contribution in [0.3, 0.4) is 0 Å². The van der Waals surface area contributed by atoms with Gasteiger partial charge in [-0.1, -0.05) is 23.7 Å². The van der Waals surface area contributed by atoms with Gasteiger partial charge >= 0.3 is 0 Å². The first kappa shape index (κ1) is 17.7. The monoisotopic (exact) mass is 305 g/mol. The summed E-state index contributed by atoms with van der Waals surface area (Å²) in [5.41, 5.74) is 9.90. The smallest absolute Gasteiger partial charge is 0.247 e. The van der Waals surface area contributed by atoms with Crippen molar-refractivity contribution in [1.82, 2.24) is 5.32 Å². The number of benzene rings is 1. The Morgan fingerprint density at radius 3 is 2.53 bits per heavy atom. The van der Waals surface area contributed by atoms with Crippen molar-refractivity contribution in [1.29, 1.82) is 0 Å². The normalized spacial score (nSPS) is 13.0. The lowest BCUT2D eigenvalue weighted by atomic mass is 9.91. The fourth-order valence-corrected chi connectivity index (χ4v) is 1.74. The van der Waals surface area contributed by atoms with Crippen molar-refractivity contribution in [3.8, 4) is 0 Å². The number of hydrogen-bond acceptors (Lipinski definition) is 3. The average Bonchev–Trinajstić information content (AvgIpc) is 2.28. The Kier molecular flexibility index (Phi) is 6.83. The summed E-state index contributed by atoms with van der Waals surface area (Å²) in [5.74, 6) is -0.992. The molecule has 0 radical (unpaired) electrons. The Labute approximate surface area is 123 Å². The van der Waals surface area contributed by atoms with Gasteiger partial charge in [-0.3, -0.25) is 9.59 Å². The maximum atomic E-state index is 11.6. The number of carbonyl (C=O) groups excluding carboxylic acids is 2. The van der Waals surface area contributed by atoms with Crippen molar-refractivity contribution in [2.24, 2.45) is 11.5 Å². The SMILES string of the molecule is CC(NC(=O)CCN)(C(N)=O)c1cccc(Cl)c1.Cl. The summed E-state index contributed by atoms with van der Waals surface area (Å²) >= 11 is 5.87. The van der Waals surface area contributed by atoms with Crippen molar-refractivity contribution in [3.63, 3.8) is 0 Å². The Morgan fingerprint density at radius 2 is 2.05 bits per heavy atom. The number of hydrogen-bond donors (Lipinski definition) is 3. The number of primary amides is 1. The van der Waals surface area contributed by atoms with Crippen molar-refractivity contribution < 1.29 is 9.59 Å². The van der Waals surface area contributed by atoms with Crippen molar-refractivity contribution in [3.05, 3.63) is 34.9 Å². The Morgan fingerprint density at radius 1 is 1.42 bits per heavy atom. The van der Waals surface area contributed by atoms with Gasteiger partial charge in [-0.2, -0.15) is 0 Å². The predicted octanol–water partition coefficient (Wildman–Crippen LogP) is 0.927. The van der Waals surface area contributed by atoms with Gasteiger partial charge in [0.1, 0.15) is 5.54 Å². The van der Waals surface area contributed by atoms with Gasteiger partial charge in [0.05, 0.1) is 0 Å². The molecule has 0 aliphatic carbocycles. The van der Waals surface area contributed by atoms with Gasteiger partial charge in [-0.05, 0) is 24.6 Å². The van der Waals surface area contributed by atoms with Crippen LogP contribution in [0, 0.1) is 0 Å². The van der Waals surface area contributed by atoms with E-state index in [1.807, 2.05) is 0 Å². The van der Waals surface area contributed by atoms with Gasteiger partial charge in [0.2, 0.25) is 11.8 Å². The fraction of sp³-hybridized carbons (Fsp3) is 0.333. The third-order valence-electron chi connectivity index (χ3n) is 2.66. The Hall–Kier alpha value is -1.30. The summed E-state index contributed by atoms with van der Waals surface area (Å²) in [7, 11) is 0. The summed E-state index contributed by atoms with van der Waals surface area (Å²) in [6.07, 6.45) is 0.128. The molecule has 1 unspecified atom stereocenters. The second kappa shape index (κ2) is 7.33. The van der Waals surface area contributed by atoms with Crippen molar-refractivity contribution >= 4 is 35.8 Å². The van der Waals surface area contributed by atoms with E-state index in [0.717, 1.165) is 0 Å². The zero-order valence-electron chi connectivity index (χ0n) is 10.5. The molecule has 1 rings (SSSR count). The Bertz CT molecular complexity index is 468. The largest absolute Gasteiger partial charge is 0.367 e. The minimum absolute atomic E-state index is 0. The van der Waals surface area contributed by atoms with Crippen LogP contribution in [0.5, 0.6) is 0 Å². The van der Waals surface area contributed by atoms with E-state index in [1.54, 1.807) is 24.3 Å². The molecule has 1 aromatic carbocycles. The average molecular weight is 306 g/mol. The molecule has 5 nitrogen and oxygen atoms in total. The first-order chi connectivity index (χ1) is 8.40. The summed E-state index contributed by atoms with van der Waals surface area (Å²) in [6.45, 7) is 1.74. The van der Waals surface area contributed by atoms with Gasteiger partial charge in [0, 0.05) is 18.0 Å². The van der Waals surface area contributed by atoms with Crippen molar-refractivity contribution in [2.45, 2.75) is 18.9 Å². The lowest BCUT2D eigenvalue weighted by Gasteiger charge is -2.28.